The number of fused-ring (bicyclic) bond motifs is 1. The highest BCUT2D eigenvalue weighted by Crippen LogP contribution is 2.36. The Morgan fingerprint density at radius 2 is 2.15 bits per heavy atom. The van der Waals surface area contributed by atoms with Crippen LogP contribution in [0.3, 0.4) is 0 Å². The molecule has 0 amide bonds. The summed E-state index contributed by atoms with van der Waals surface area (Å²) >= 11 is 6.10. The Kier molecular flexibility index (Phi) is 3.56. The van der Waals surface area contributed by atoms with Crippen molar-refractivity contribution in [1.82, 2.24) is 0 Å². The van der Waals surface area contributed by atoms with Crippen molar-refractivity contribution in [3.8, 4) is 17.2 Å². The van der Waals surface area contributed by atoms with Crippen molar-refractivity contribution in [1.29, 1.82) is 0 Å². The molecule has 0 aromatic heterocycles. The molecule has 0 saturated heterocycles. The van der Waals surface area contributed by atoms with Gasteiger partial charge in [-0.2, -0.15) is 0 Å². The molecule has 0 saturated carbocycles. The molecule has 0 bridgehead atoms. The van der Waals surface area contributed by atoms with E-state index < -0.39 is 0 Å². The Morgan fingerprint density at radius 3 is 2.95 bits per heavy atom. The summed E-state index contributed by atoms with van der Waals surface area (Å²) in [7, 11) is 1.60. The van der Waals surface area contributed by atoms with Gasteiger partial charge in [0.15, 0.2) is 11.5 Å². The van der Waals surface area contributed by atoms with E-state index in [4.69, 9.17) is 25.8 Å². The van der Waals surface area contributed by atoms with Gasteiger partial charge in [-0.3, -0.25) is 0 Å². The largest absolute Gasteiger partial charge is 0.495 e. The first-order chi connectivity index (χ1) is 9.78. The third-order valence-electron chi connectivity index (χ3n) is 3.11. The minimum atomic E-state index is 0.278. The Hall–Kier alpha value is -2.07. The molecule has 0 unspecified atom stereocenters. The fourth-order valence-corrected chi connectivity index (χ4v) is 2.36. The molecule has 3 rings (SSSR count). The number of halogens is 1. The molecule has 0 atom stereocenters. The van der Waals surface area contributed by atoms with Gasteiger partial charge in [0, 0.05) is 17.8 Å². The average molecular weight is 292 g/mol. The van der Waals surface area contributed by atoms with Crippen LogP contribution in [0.4, 0.5) is 5.69 Å². The molecule has 1 aliphatic rings. The maximum Gasteiger partial charge on any atom is 0.231 e. The number of hydrogen-bond acceptors (Lipinski definition) is 4. The highest BCUT2D eigenvalue weighted by atomic mass is 35.5. The van der Waals surface area contributed by atoms with E-state index in [1.165, 1.54) is 0 Å². The fourth-order valence-electron chi connectivity index (χ4n) is 2.10. The van der Waals surface area contributed by atoms with Gasteiger partial charge in [-0.15, -0.1) is 0 Å². The highest BCUT2D eigenvalue weighted by Gasteiger charge is 2.16. The van der Waals surface area contributed by atoms with Crippen molar-refractivity contribution in [2.45, 2.75) is 6.54 Å². The number of anilines is 1. The summed E-state index contributed by atoms with van der Waals surface area (Å²) in [5, 5.41) is 3.89. The number of hydrogen-bond donors (Lipinski definition) is 1. The van der Waals surface area contributed by atoms with Crippen LogP contribution in [-0.2, 0) is 6.54 Å². The molecule has 5 heteroatoms. The molecule has 1 N–H and O–H groups in total. The normalized spacial score (nSPS) is 12.3. The zero-order valence-corrected chi connectivity index (χ0v) is 11.7. The van der Waals surface area contributed by atoms with Crippen LogP contribution >= 0.6 is 11.6 Å². The van der Waals surface area contributed by atoms with Crippen LogP contribution in [-0.4, -0.2) is 13.9 Å². The molecule has 0 aliphatic carbocycles. The summed E-state index contributed by atoms with van der Waals surface area (Å²) in [5.41, 5.74) is 1.97. The molecule has 0 fully saturated rings. The third-order valence-corrected chi connectivity index (χ3v) is 3.41. The molecule has 2 aromatic carbocycles. The summed E-state index contributed by atoms with van der Waals surface area (Å²) < 4.78 is 15.9. The maximum absolute atomic E-state index is 6.10. The number of nitrogens with one attached hydrogen (secondary N) is 1. The van der Waals surface area contributed by atoms with Gasteiger partial charge in [0.2, 0.25) is 6.79 Å². The lowest BCUT2D eigenvalue weighted by atomic mass is 10.2. The lowest BCUT2D eigenvalue weighted by molar-refractivity contribution is 0.173. The zero-order chi connectivity index (χ0) is 13.9. The van der Waals surface area contributed by atoms with E-state index in [9.17, 15) is 0 Å². The molecular formula is C15H14ClNO3. The second-order valence-corrected chi connectivity index (χ2v) is 4.76. The monoisotopic (exact) mass is 291 g/mol. The molecule has 4 nitrogen and oxygen atoms in total. The highest BCUT2D eigenvalue weighted by molar-refractivity contribution is 6.32. The van der Waals surface area contributed by atoms with Crippen LogP contribution in [0.2, 0.25) is 5.02 Å². The first-order valence-corrected chi connectivity index (χ1v) is 6.60. The van der Waals surface area contributed by atoms with Crippen molar-refractivity contribution in [2.24, 2.45) is 0 Å². The lowest BCUT2D eigenvalue weighted by Crippen LogP contribution is -2.01. The second kappa shape index (κ2) is 5.51. The van der Waals surface area contributed by atoms with E-state index in [0.717, 1.165) is 22.7 Å². The van der Waals surface area contributed by atoms with Gasteiger partial charge >= 0.3 is 0 Å². The Labute approximate surface area is 122 Å². The number of rotatable bonds is 4. The molecule has 1 heterocycles. The molecule has 0 spiro atoms. The van der Waals surface area contributed by atoms with Crippen molar-refractivity contribution >= 4 is 17.3 Å². The summed E-state index contributed by atoms with van der Waals surface area (Å²) in [5.74, 6) is 2.26. The number of para-hydroxylation sites is 1. The van der Waals surface area contributed by atoms with Crippen molar-refractivity contribution in [3.05, 3.63) is 47.0 Å². The quantitative estimate of drug-likeness (QED) is 0.932. The standard InChI is InChI=1S/C15H14ClNO3/c1-18-13-6-5-11(7-12(13)16)17-8-10-3-2-4-14-15(10)20-9-19-14/h2-7,17H,8-9H2,1H3. The number of ether oxygens (including phenoxy) is 3. The van der Waals surface area contributed by atoms with E-state index in [1.54, 1.807) is 7.11 Å². The summed E-state index contributed by atoms with van der Waals surface area (Å²) in [6.45, 7) is 0.913. The fraction of sp³-hybridized carbons (Fsp3) is 0.200. The molecule has 20 heavy (non-hydrogen) atoms. The van der Waals surface area contributed by atoms with Gasteiger partial charge in [-0.25, -0.2) is 0 Å². The van der Waals surface area contributed by atoms with Crippen molar-refractivity contribution in [2.75, 3.05) is 19.2 Å². The Morgan fingerprint density at radius 1 is 1.25 bits per heavy atom. The first-order valence-electron chi connectivity index (χ1n) is 6.23. The van der Waals surface area contributed by atoms with Gasteiger partial charge in [-0.05, 0) is 24.3 Å². The molecular weight excluding hydrogens is 278 g/mol. The topological polar surface area (TPSA) is 39.7 Å². The van der Waals surface area contributed by atoms with E-state index in [0.29, 0.717) is 17.3 Å². The zero-order valence-electron chi connectivity index (χ0n) is 11.0. The summed E-state index contributed by atoms with van der Waals surface area (Å²) in [6.07, 6.45) is 0. The molecule has 0 radical (unpaired) electrons. The van der Waals surface area contributed by atoms with Gasteiger partial charge in [0.05, 0.1) is 12.1 Å². The summed E-state index contributed by atoms with van der Waals surface area (Å²) in [6, 6.07) is 11.4. The maximum atomic E-state index is 6.10. The second-order valence-electron chi connectivity index (χ2n) is 4.35. The van der Waals surface area contributed by atoms with E-state index in [-0.39, 0.29) is 6.79 Å². The summed E-state index contributed by atoms with van der Waals surface area (Å²) in [4.78, 5) is 0. The first kappa shape index (κ1) is 12.9. The third kappa shape index (κ3) is 2.47. The Bertz CT molecular complexity index is 631. The minimum absolute atomic E-state index is 0.278. The predicted octanol–water partition coefficient (Wildman–Crippen LogP) is 3.69. The van der Waals surface area contributed by atoms with E-state index in [2.05, 4.69) is 5.32 Å². The van der Waals surface area contributed by atoms with Crippen LogP contribution in [0.5, 0.6) is 17.2 Å². The molecule has 104 valence electrons. The predicted molar refractivity (Wildman–Crippen MR) is 77.9 cm³/mol. The van der Waals surface area contributed by atoms with Crippen LogP contribution in [0.15, 0.2) is 36.4 Å². The van der Waals surface area contributed by atoms with E-state index in [1.807, 2.05) is 36.4 Å². The van der Waals surface area contributed by atoms with Crippen LogP contribution in [0.25, 0.3) is 0 Å². The van der Waals surface area contributed by atoms with Gasteiger partial charge in [0.1, 0.15) is 5.75 Å². The SMILES string of the molecule is COc1ccc(NCc2cccc3c2OCO3)cc1Cl. The van der Waals surface area contributed by atoms with Crippen LogP contribution in [0, 0.1) is 0 Å². The molecule has 1 aliphatic heterocycles. The van der Waals surface area contributed by atoms with Crippen LogP contribution < -0.4 is 19.5 Å². The van der Waals surface area contributed by atoms with Crippen molar-refractivity contribution in [3.63, 3.8) is 0 Å². The minimum Gasteiger partial charge on any atom is -0.495 e. The number of benzene rings is 2. The van der Waals surface area contributed by atoms with Gasteiger partial charge in [-0.1, -0.05) is 23.7 Å². The van der Waals surface area contributed by atoms with E-state index >= 15 is 0 Å². The van der Waals surface area contributed by atoms with Crippen molar-refractivity contribution < 1.29 is 14.2 Å². The average Bonchev–Trinajstić information content (AvgIpc) is 2.94. The molecule has 2 aromatic rings. The van der Waals surface area contributed by atoms with Crippen LogP contribution in [0.1, 0.15) is 5.56 Å². The number of methoxy groups -OCH3 is 1. The van der Waals surface area contributed by atoms with Gasteiger partial charge in [0.25, 0.3) is 0 Å². The smallest absolute Gasteiger partial charge is 0.231 e. The van der Waals surface area contributed by atoms with Gasteiger partial charge < -0.3 is 19.5 Å². The Balaban J connectivity index is 1.74. The lowest BCUT2D eigenvalue weighted by Gasteiger charge is -2.10.